The fourth-order valence-corrected chi connectivity index (χ4v) is 4.35. The Hall–Kier alpha value is -3.45. The summed E-state index contributed by atoms with van der Waals surface area (Å²) in [6.07, 6.45) is 0. The third-order valence-electron chi connectivity index (χ3n) is 4.66. The van der Waals surface area contributed by atoms with Crippen LogP contribution >= 0.6 is 0 Å². The summed E-state index contributed by atoms with van der Waals surface area (Å²) in [4.78, 5) is 24.5. The highest BCUT2D eigenvalue weighted by Gasteiger charge is 2.18. The molecule has 2 amide bonds. The van der Waals surface area contributed by atoms with Crippen LogP contribution in [0.15, 0.2) is 84.9 Å². The van der Waals surface area contributed by atoms with Crippen LogP contribution in [0.1, 0.15) is 34.5 Å². The van der Waals surface area contributed by atoms with Crippen LogP contribution in [-0.4, -0.2) is 26.0 Å². The van der Waals surface area contributed by atoms with E-state index in [1.165, 1.54) is 0 Å². The summed E-state index contributed by atoms with van der Waals surface area (Å²) in [5.74, 6) is -1.72. The lowest BCUT2D eigenvalue weighted by molar-refractivity contribution is -0.113. The molecule has 31 heavy (non-hydrogen) atoms. The van der Waals surface area contributed by atoms with Crippen molar-refractivity contribution in [2.24, 2.45) is 0 Å². The third kappa shape index (κ3) is 6.79. The van der Waals surface area contributed by atoms with Crippen LogP contribution in [0, 0.1) is 0 Å². The first-order valence-corrected chi connectivity index (χ1v) is 11.6. The number of anilines is 1. The highest BCUT2D eigenvalue weighted by molar-refractivity contribution is 7.91. The third-order valence-corrected chi connectivity index (χ3v) is 6.13. The standard InChI is InChI=1S/C24H24N2O4S/c1-18(20-8-4-2-5-9-20)25-24(28)21-14-12-19(13-15-21)16-31(29,30)17-23(27)26-22-10-6-3-7-11-22/h2-15,18H,16-17H2,1H3,(H,25,28)(H,26,27). The Bertz CT molecular complexity index is 1130. The molecule has 7 heteroatoms. The molecule has 0 aromatic heterocycles. The number of carbonyl (C=O) groups is 2. The SMILES string of the molecule is CC(NC(=O)c1ccc(CS(=O)(=O)CC(=O)Nc2ccccc2)cc1)c1ccccc1. The van der Waals surface area contributed by atoms with Gasteiger partial charge in [-0.1, -0.05) is 60.7 Å². The molecule has 3 aromatic rings. The first kappa shape index (κ1) is 22.2. The number of nitrogens with one attached hydrogen (secondary N) is 2. The molecule has 0 fully saturated rings. The fraction of sp³-hybridized carbons (Fsp3) is 0.167. The van der Waals surface area contributed by atoms with E-state index >= 15 is 0 Å². The Balaban J connectivity index is 1.56. The minimum absolute atomic E-state index is 0.156. The number of para-hydroxylation sites is 1. The lowest BCUT2D eigenvalue weighted by Crippen LogP contribution is -2.26. The number of hydrogen-bond donors (Lipinski definition) is 2. The van der Waals surface area contributed by atoms with Crippen molar-refractivity contribution in [2.75, 3.05) is 11.1 Å². The molecule has 0 aliphatic heterocycles. The minimum Gasteiger partial charge on any atom is -0.346 e. The van der Waals surface area contributed by atoms with Crippen molar-refractivity contribution >= 4 is 27.3 Å². The van der Waals surface area contributed by atoms with Crippen molar-refractivity contribution in [3.63, 3.8) is 0 Å². The van der Waals surface area contributed by atoms with Gasteiger partial charge in [-0.2, -0.15) is 0 Å². The molecule has 6 nitrogen and oxygen atoms in total. The van der Waals surface area contributed by atoms with Gasteiger partial charge in [-0.05, 0) is 42.3 Å². The summed E-state index contributed by atoms with van der Waals surface area (Å²) in [7, 11) is -3.65. The van der Waals surface area contributed by atoms with E-state index in [-0.39, 0.29) is 17.7 Å². The molecule has 2 N–H and O–H groups in total. The van der Waals surface area contributed by atoms with Crippen molar-refractivity contribution in [2.45, 2.75) is 18.7 Å². The number of hydrogen-bond acceptors (Lipinski definition) is 4. The Kier molecular flexibility index (Phi) is 7.20. The van der Waals surface area contributed by atoms with E-state index in [1.807, 2.05) is 37.3 Å². The van der Waals surface area contributed by atoms with Crippen LogP contribution in [0.25, 0.3) is 0 Å². The van der Waals surface area contributed by atoms with Gasteiger partial charge in [-0.25, -0.2) is 8.42 Å². The highest BCUT2D eigenvalue weighted by Crippen LogP contribution is 2.14. The quantitative estimate of drug-likeness (QED) is 0.563. The average Bonchev–Trinajstić information content (AvgIpc) is 2.74. The molecule has 0 spiro atoms. The lowest BCUT2D eigenvalue weighted by Gasteiger charge is -2.14. The molecule has 3 rings (SSSR count). The van der Waals surface area contributed by atoms with Crippen molar-refractivity contribution in [1.29, 1.82) is 0 Å². The van der Waals surface area contributed by atoms with Gasteiger partial charge in [-0.15, -0.1) is 0 Å². The molecule has 1 unspecified atom stereocenters. The van der Waals surface area contributed by atoms with Gasteiger partial charge in [0.1, 0.15) is 5.75 Å². The predicted octanol–water partition coefficient (Wildman–Crippen LogP) is 3.73. The van der Waals surface area contributed by atoms with Crippen LogP contribution in [0.3, 0.4) is 0 Å². The Morgan fingerprint density at radius 3 is 2.03 bits per heavy atom. The summed E-state index contributed by atoms with van der Waals surface area (Å²) in [5, 5.41) is 5.49. The van der Waals surface area contributed by atoms with Crippen LogP contribution in [0.4, 0.5) is 5.69 Å². The van der Waals surface area contributed by atoms with Gasteiger partial charge in [0, 0.05) is 11.3 Å². The Labute approximate surface area is 182 Å². The molecule has 0 saturated heterocycles. The zero-order valence-electron chi connectivity index (χ0n) is 17.1. The first-order valence-electron chi connectivity index (χ1n) is 9.82. The normalized spacial score (nSPS) is 12.0. The molecule has 0 aliphatic rings. The van der Waals surface area contributed by atoms with Crippen LogP contribution in [-0.2, 0) is 20.4 Å². The second-order valence-electron chi connectivity index (χ2n) is 7.25. The monoisotopic (exact) mass is 436 g/mol. The number of sulfone groups is 1. The fourth-order valence-electron chi connectivity index (χ4n) is 3.08. The summed E-state index contributed by atoms with van der Waals surface area (Å²) in [6.45, 7) is 1.90. The van der Waals surface area contributed by atoms with E-state index in [4.69, 9.17) is 0 Å². The smallest absolute Gasteiger partial charge is 0.251 e. The molecule has 0 heterocycles. The van der Waals surface area contributed by atoms with Crippen LogP contribution in [0.2, 0.25) is 0 Å². The van der Waals surface area contributed by atoms with Crippen LogP contribution in [0.5, 0.6) is 0 Å². The van der Waals surface area contributed by atoms with Gasteiger partial charge >= 0.3 is 0 Å². The Morgan fingerprint density at radius 1 is 0.839 bits per heavy atom. The molecule has 0 radical (unpaired) electrons. The second-order valence-corrected chi connectivity index (χ2v) is 9.31. The van der Waals surface area contributed by atoms with Gasteiger partial charge in [0.25, 0.3) is 5.91 Å². The van der Waals surface area contributed by atoms with E-state index in [2.05, 4.69) is 10.6 Å². The first-order chi connectivity index (χ1) is 14.8. The van der Waals surface area contributed by atoms with Gasteiger partial charge in [-0.3, -0.25) is 9.59 Å². The van der Waals surface area contributed by atoms with E-state index in [9.17, 15) is 18.0 Å². The average molecular weight is 437 g/mol. The molecular weight excluding hydrogens is 412 g/mol. The van der Waals surface area contributed by atoms with Crippen molar-refractivity contribution in [1.82, 2.24) is 5.32 Å². The van der Waals surface area contributed by atoms with Gasteiger partial charge in [0.2, 0.25) is 5.91 Å². The van der Waals surface area contributed by atoms with Crippen molar-refractivity contribution in [3.8, 4) is 0 Å². The zero-order chi connectivity index (χ0) is 22.3. The number of carbonyl (C=O) groups excluding carboxylic acids is 2. The second kappa shape index (κ2) is 10.0. The number of rotatable bonds is 8. The van der Waals surface area contributed by atoms with Crippen LogP contribution < -0.4 is 10.6 Å². The topological polar surface area (TPSA) is 92.3 Å². The highest BCUT2D eigenvalue weighted by atomic mass is 32.2. The summed E-state index contributed by atoms with van der Waals surface area (Å²) >= 11 is 0. The summed E-state index contributed by atoms with van der Waals surface area (Å²) in [6, 6.07) is 24.5. The summed E-state index contributed by atoms with van der Waals surface area (Å²) in [5.41, 5.74) is 2.49. The molecule has 0 aliphatic carbocycles. The molecular formula is C24H24N2O4S. The molecule has 0 saturated carbocycles. The van der Waals surface area contributed by atoms with Crippen molar-refractivity contribution in [3.05, 3.63) is 102 Å². The van der Waals surface area contributed by atoms with Gasteiger partial charge in [0.05, 0.1) is 11.8 Å². The molecule has 1 atom stereocenters. The molecule has 0 bridgehead atoms. The van der Waals surface area contributed by atoms with E-state index in [0.717, 1.165) is 5.56 Å². The zero-order valence-corrected chi connectivity index (χ0v) is 17.9. The molecule has 160 valence electrons. The summed E-state index contributed by atoms with van der Waals surface area (Å²) < 4.78 is 24.8. The van der Waals surface area contributed by atoms with Crippen molar-refractivity contribution < 1.29 is 18.0 Å². The maximum Gasteiger partial charge on any atom is 0.251 e. The van der Waals surface area contributed by atoms with Gasteiger partial charge in [0.15, 0.2) is 9.84 Å². The Morgan fingerprint density at radius 2 is 1.42 bits per heavy atom. The van der Waals surface area contributed by atoms with Gasteiger partial charge < -0.3 is 10.6 Å². The number of amides is 2. The largest absolute Gasteiger partial charge is 0.346 e. The van der Waals surface area contributed by atoms with E-state index in [0.29, 0.717) is 16.8 Å². The lowest BCUT2D eigenvalue weighted by atomic mass is 10.1. The molecule has 3 aromatic carbocycles. The van der Waals surface area contributed by atoms with E-state index in [1.54, 1.807) is 54.6 Å². The van der Waals surface area contributed by atoms with E-state index < -0.39 is 21.5 Å². The minimum atomic E-state index is -3.65. The maximum absolute atomic E-state index is 12.5. The predicted molar refractivity (Wildman–Crippen MR) is 121 cm³/mol. The maximum atomic E-state index is 12.5. The number of benzene rings is 3.